The van der Waals surface area contributed by atoms with E-state index in [9.17, 15) is 4.79 Å². The molecular formula is C14H21ClN2O2. The number of carbonyl (C=O) groups excluding carboxylic acids is 1. The Bertz CT molecular complexity index is 455. The number of nitrogens with zero attached hydrogens (tertiary/aromatic N) is 1. The van der Waals surface area contributed by atoms with Crippen LogP contribution in [0.5, 0.6) is 0 Å². The molecule has 1 amide bonds. The summed E-state index contributed by atoms with van der Waals surface area (Å²) >= 11 is 6.05. The van der Waals surface area contributed by atoms with E-state index in [1.54, 1.807) is 6.07 Å². The molecule has 0 aromatic carbocycles. The zero-order valence-electron chi connectivity index (χ0n) is 11.8. The topological polar surface area (TPSA) is 62.2 Å². The van der Waals surface area contributed by atoms with Gasteiger partial charge in [0.25, 0.3) is 5.91 Å². The Morgan fingerprint density at radius 2 is 2.16 bits per heavy atom. The van der Waals surface area contributed by atoms with E-state index in [0.717, 1.165) is 5.69 Å². The summed E-state index contributed by atoms with van der Waals surface area (Å²) in [6, 6.07) is 1.54. The summed E-state index contributed by atoms with van der Waals surface area (Å²) < 4.78 is 0. The maximum absolute atomic E-state index is 12.2. The summed E-state index contributed by atoms with van der Waals surface area (Å²) in [5.74, 6) is -0.258. The van der Waals surface area contributed by atoms with E-state index in [0.29, 0.717) is 17.0 Å². The number of amides is 1. The van der Waals surface area contributed by atoms with E-state index in [4.69, 9.17) is 16.7 Å². The fraction of sp³-hybridized carbons (Fsp3) is 0.571. The molecule has 0 saturated carbocycles. The second-order valence-corrected chi connectivity index (χ2v) is 6.12. The highest BCUT2D eigenvalue weighted by Gasteiger charge is 2.26. The summed E-state index contributed by atoms with van der Waals surface area (Å²) in [5, 5.41) is 12.4. The van der Waals surface area contributed by atoms with Crippen molar-refractivity contribution in [3.05, 3.63) is 28.5 Å². The van der Waals surface area contributed by atoms with Gasteiger partial charge in [0.15, 0.2) is 0 Å². The molecule has 0 fully saturated rings. The Labute approximate surface area is 119 Å². The van der Waals surface area contributed by atoms with E-state index in [2.05, 4.69) is 10.3 Å². The van der Waals surface area contributed by atoms with Crippen molar-refractivity contribution in [3.8, 4) is 0 Å². The quantitative estimate of drug-likeness (QED) is 0.893. The highest BCUT2D eigenvalue weighted by atomic mass is 35.5. The molecule has 0 aliphatic carbocycles. The number of halogens is 1. The maximum atomic E-state index is 12.2. The molecule has 1 atom stereocenters. The molecule has 19 heavy (non-hydrogen) atoms. The Hall–Kier alpha value is -1.13. The lowest BCUT2D eigenvalue weighted by Crippen LogP contribution is -2.44. The van der Waals surface area contributed by atoms with Crippen molar-refractivity contribution in [3.63, 3.8) is 0 Å². The summed E-state index contributed by atoms with van der Waals surface area (Å²) in [6.45, 7) is 7.90. The molecule has 4 nitrogen and oxygen atoms in total. The van der Waals surface area contributed by atoms with Gasteiger partial charge in [-0.1, -0.05) is 32.4 Å². The number of hydrogen-bond acceptors (Lipinski definition) is 3. The summed E-state index contributed by atoms with van der Waals surface area (Å²) in [6.07, 6.45) is 1.98. The van der Waals surface area contributed by atoms with Gasteiger partial charge in [-0.25, -0.2) is 0 Å². The monoisotopic (exact) mass is 284 g/mol. The van der Waals surface area contributed by atoms with Crippen LogP contribution in [0.1, 0.15) is 43.2 Å². The minimum atomic E-state index is -0.258. The van der Waals surface area contributed by atoms with Crippen LogP contribution in [0.4, 0.5) is 0 Å². The van der Waals surface area contributed by atoms with Crippen LogP contribution in [0.3, 0.4) is 0 Å². The molecule has 0 aliphatic heterocycles. The van der Waals surface area contributed by atoms with Crippen LogP contribution in [0.2, 0.25) is 5.02 Å². The minimum absolute atomic E-state index is 0.0299. The second kappa shape index (κ2) is 6.35. The molecule has 0 bridgehead atoms. The summed E-state index contributed by atoms with van der Waals surface area (Å²) in [7, 11) is 0. The van der Waals surface area contributed by atoms with Crippen LogP contribution in [0.25, 0.3) is 0 Å². The van der Waals surface area contributed by atoms with E-state index < -0.39 is 0 Å². The van der Waals surface area contributed by atoms with Crippen LogP contribution in [0, 0.1) is 12.3 Å². The maximum Gasteiger partial charge on any atom is 0.254 e. The average molecular weight is 285 g/mol. The predicted octanol–water partition coefficient (Wildman–Crippen LogP) is 2.57. The first kappa shape index (κ1) is 15.9. The number of aryl methyl sites for hydroxylation is 1. The van der Waals surface area contributed by atoms with Gasteiger partial charge in [-0.15, -0.1) is 0 Å². The molecule has 0 spiro atoms. The first-order valence-corrected chi connectivity index (χ1v) is 6.67. The van der Waals surface area contributed by atoms with Gasteiger partial charge < -0.3 is 10.4 Å². The fourth-order valence-electron chi connectivity index (χ4n) is 1.78. The molecule has 1 aromatic heterocycles. The number of carbonyl (C=O) groups is 1. The number of rotatable bonds is 4. The summed E-state index contributed by atoms with van der Waals surface area (Å²) in [5.41, 5.74) is 0.993. The van der Waals surface area contributed by atoms with Crippen molar-refractivity contribution in [1.29, 1.82) is 0 Å². The van der Waals surface area contributed by atoms with Crippen LogP contribution in [-0.2, 0) is 0 Å². The highest BCUT2D eigenvalue weighted by molar-refractivity contribution is 6.33. The minimum Gasteiger partial charge on any atom is -0.396 e. The molecule has 2 N–H and O–H groups in total. The molecular weight excluding hydrogens is 264 g/mol. The van der Waals surface area contributed by atoms with Gasteiger partial charge in [-0.2, -0.15) is 0 Å². The van der Waals surface area contributed by atoms with Gasteiger partial charge >= 0.3 is 0 Å². The highest BCUT2D eigenvalue weighted by Crippen LogP contribution is 2.23. The molecule has 106 valence electrons. The van der Waals surface area contributed by atoms with Crippen LogP contribution in [0.15, 0.2) is 12.3 Å². The van der Waals surface area contributed by atoms with Crippen molar-refractivity contribution in [1.82, 2.24) is 10.3 Å². The van der Waals surface area contributed by atoms with E-state index in [1.807, 2.05) is 27.7 Å². The first-order chi connectivity index (χ1) is 8.75. The largest absolute Gasteiger partial charge is 0.396 e. The van der Waals surface area contributed by atoms with Crippen molar-refractivity contribution in [2.75, 3.05) is 6.61 Å². The standard InChI is InChI=1S/C14H21ClN2O2/c1-9-7-11(15)10(8-16-9)13(19)17-12(5-6-18)14(2,3)4/h7-8,12,18H,5-6H2,1-4H3,(H,17,19). The molecule has 1 rings (SSSR count). The lowest BCUT2D eigenvalue weighted by atomic mass is 9.85. The van der Waals surface area contributed by atoms with E-state index in [-0.39, 0.29) is 24.0 Å². The Kier molecular flexibility index (Phi) is 5.32. The number of aromatic nitrogens is 1. The lowest BCUT2D eigenvalue weighted by molar-refractivity contribution is 0.0885. The van der Waals surface area contributed by atoms with Gasteiger partial charge in [-0.3, -0.25) is 9.78 Å². The number of aliphatic hydroxyl groups is 1. The van der Waals surface area contributed by atoms with Gasteiger partial charge in [-0.05, 0) is 24.8 Å². The van der Waals surface area contributed by atoms with E-state index in [1.165, 1.54) is 6.20 Å². The molecule has 1 heterocycles. The third-order valence-electron chi connectivity index (χ3n) is 3.00. The fourth-order valence-corrected chi connectivity index (χ4v) is 2.07. The van der Waals surface area contributed by atoms with Crippen LogP contribution < -0.4 is 5.32 Å². The summed E-state index contributed by atoms with van der Waals surface area (Å²) in [4.78, 5) is 16.3. The zero-order chi connectivity index (χ0) is 14.6. The second-order valence-electron chi connectivity index (χ2n) is 5.71. The van der Waals surface area contributed by atoms with Crippen molar-refractivity contribution < 1.29 is 9.90 Å². The lowest BCUT2D eigenvalue weighted by Gasteiger charge is -2.31. The van der Waals surface area contributed by atoms with Crippen LogP contribution >= 0.6 is 11.6 Å². The number of nitrogens with one attached hydrogen (secondary N) is 1. The average Bonchev–Trinajstić information content (AvgIpc) is 2.26. The van der Waals surface area contributed by atoms with Crippen LogP contribution in [-0.4, -0.2) is 28.6 Å². The predicted molar refractivity (Wildman–Crippen MR) is 76.4 cm³/mol. The van der Waals surface area contributed by atoms with Crippen molar-refractivity contribution in [2.45, 2.75) is 40.2 Å². The smallest absolute Gasteiger partial charge is 0.254 e. The first-order valence-electron chi connectivity index (χ1n) is 6.29. The SMILES string of the molecule is Cc1cc(Cl)c(C(=O)NC(CCO)C(C)(C)C)cn1. The third kappa shape index (κ3) is 4.48. The van der Waals surface area contributed by atoms with Crippen molar-refractivity contribution in [2.24, 2.45) is 5.41 Å². The Morgan fingerprint density at radius 3 is 2.63 bits per heavy atom. The zero-order valence-corrected chi connectivity index (χ0v) is 12.6. The van der Waals surface area contributed by atoms with Gasteiger partial charge in [0.2, 0.25) is 0 Å². The molecule has 0 saturated heterocycles. The molecule has 0 aliphatic rings. The number of aliphatic hydroxyl groups excluding tert-OH is 1. The van der Waals surface area contributed by atoms with Gasteiger partial charge in [0.05, 0.1) is 10.6 Å². The van der Waals surface area contributed by atoms with E-state index >= 15 is 0 Å². The van der Waals surface area contributed by atoms with Gasteiger partial charge in [0.1, 0.15) is 0 Å². The Morgan fingerprint density at radius 1 is 1.53 bits per heavy atom. The Balaban J connectivity index is 2.88. The third-order valence-corrected chi connectivity index (χ3v) is 3.32. The number of hydrogen-bond donors (Lipinski definition) is 2. The molecule has 1 unspecified atom stereocenters. The van der Waals surface area contributed by atoms with Gasteiger partial charge in [0, 0.05) is 24.5 Å². The molecule has 5 heteroatoms. The normalized spacial score (nSPS) is 13.2. The number of pyridine rings is 1. The molecule has 0 radical (unpaired) electrons. The molecule has 1 aromatic rings. The van der Waals surface area contributed by atoms with Crippen molar-refractivity contribution >= 4 is 17.5 Å².